The third kappa shape index (κ3) is 7.81. The molecular formula is C25H42O. The van der Waals surface area contributed by atoms with Crippen LogP contribution in [-0.2, 0) is 10.2 Å². The second-order valence-corrected chi connectivity index (χ2v) is 7.30. The van der Waals surface area contributed by atoms with Crippen LogP contribution in [0.5, 0.6) is 0 Å². The van der Waals surface area contributed by atoms with Crippen LogP contribution in [0.15, 0.2) is 48.8 Å². The lowest BCUT2D eigenvalue weighted by molar-refractivity contribution is 0.0962. The Kier molecular flexibility index (Phi) is 12.1. The first-order chi connectivity index (χ1) is 12.4. The molecule has 0 amide bonds. The Morgan fingerprint density at radius 1 is 1.00 bits per heavy atom. The van der Waals surface area contributed by atoms with Crippen LogP contribution in [0.1, 0.15) is 84.8 Å². The number of aryl methyl sites for hydroxylation is 1. The fourth-order valence-corrected chi connectivity index (χ4v) is 2.35. The Balaban J connectivity index is 0.000000577. The molecule has 3 rings (SSSR count). The van der Waals surface area contributed by atoms with Crippen LogP contribution >= 0.6 is 0 Å². The third-order valence-corrected chi connectivity index (χ3v) is 4.95. The molecule has 1 nitrogen and oxygen atoms in total. The fraction of sp³-hybridized carbons (Fsp3) is 0.600. The standard InChI is InChI=1S/C16H20O.C4H10.C3H6.C2H6/c1-11-6-8-15(9-7-11)16(5)10-17-14(4)12(2)13(16)3;1-3-4-2;1-2-3-1;1-2/h6-9,13H,2,4,10H2,1,3,5H3;3-4H2,1-2H3;1-3H2;1-2H3/t13?,16-;;;/m0.../s1. The van der Waals surface area contributed by atoms with Crippen LogP contribution in [-0.4, -0.2) is 6.61 Å². The van der Waals surface area contributed by atoms with Gasteiger partial charge in [-0.1, -0.05) is 117 Å². The summed E-state index contributed by atoms with van der Waals surface area (Å²) in [5.74, 6) is 1.09. The normalized spacial score (nSPS) is 23.1. The molecule has 1 heteroatoms. The van der Waals surface area contributed by atoms with Crippen molar-refractivity contribution in [2.24, 2.45) is 5.92 Å². The first-order valence-corrected chi connectivity index (χ1v) is 10.4. The monoisotopic (exact) mass is 358 g/mol. The zero-order valence-corrected chi connectivity index (χ0v) is 18.5. The maximum absolute atomic E-state index is 5.67. The van der Waals surface area contributed by atoms with E-state index in [4.69, 9.17) is 4.74 Å². The van der Waals surface area contributed by atoms with Gasteiger partial charge in [0.25, 0.3) is 0 Å². The lowest BCUT2D eigenvalue weighted by atomic mass is 9.68. The molecule has 1 saturated heterocycles. The molecule has 0 aromatic heterocycles. The summed E-state index contributed by atoms with van der Waals surface area (Å²) in [5.41, 5.74) is 3.60. The van der Waals surface area contributed by atoms with E-state index >= 15 is 0 Å². The number of ether oxygens (including phenoxy) is 1. The van der Waals surface area contributed by atoms with E-state index in [1.54, 1.807) is 0 Å². The topological polar surface area (TPSA) is 9.23 Å². The van der Waals surface area contributed by atoms with Crippen molar-refractivity contribution in [2.75, 3.05) is 6.61 Å². The van der Waals surface area contributed by atoms with Gasteiger partial charge >= 0.3 is 0 Å². The van der Waals surface area contributed by atoms with E-state index in [2.05, 4.69) is 72.0 Å². The second kappa shape index (κ2) is 12.8. The quantitative estimate of drug-likeness (QED) is 0.520. The molecule has 2 aliphatic rings. The molecule has 1 saturated carbocycles. The van der Waals surface area contributed by atoms with Crippen molar-refractivity contribution in [3.8, 4) is 0 Å². The van der Waals surface area contributed by atoms with E-state index in [9.17, 15) is 0 Å². The van der Waals surface area contributed by atoms with Gasteiger partial charge in [-0.3, -0.25) is 0 Å². The number of hydrogen-bond acceptors (Lipinski definition) is 1. The molecule has 0 bridgehead atoms. The minimum atomic E-state index is -0.00796. The Hall–Kier alpha value is -1.50. The van der Waals surface area contributed by atoms with Gasteiger partial charge in [0.2, 0.25) is 0 Å². The van der Waals surface area contributed by atoms with Gasteiger partial charge in [0.15, 0.2) is 0 Å². The molecule has 148 valence electrons. The molecular weight excluding hydrogens is 316 g/mol. The van der Waals surface area contributed by atoms with Crippen LogP contribution in [0, 0.1) is 12.8 Å². The van der Waals surface area contributed by atoms with E-state index in [-0.39, 0.29) is 5.41 Å². The Bertz CT molecular complexity index is 519. The largest absolute Gasteiger partial charge is 0.493 e. The van der Waals surface area contributed by atoms with Gasteiger partial charge in [0, 0.05) is 5.41 Å². The molecule has 1 aliphatic heterocycles. The number of hydrogen-bond donors (Lipinski definition) is 0. The highest BCUT2D eigenvalue weighted by Gasteiger charge is 2.40. The highest BCUT2D eigenvalue weighted by Crippen LogP contribution is 2.42. The Labute approximate surface area is 163 Å². The fourth-order valence-electron chi connectivity index (χ4n) is 2.35. The molecule has 1 aromatic carbocycles. The Morgan fingerprint density at radius 2 is 1.46 bits per heavy atom. The molecule has 1 aromatic rings. The highest BCUT2D eigenvalue weighted by atomic mass is 16.5. The molecule has 0 spiro atoms. The molecule has 0 radical (unpaired) electrons. The second-order valence-electron chi connectivity index (χ2n) is 7.30. The number of rotatable bonds is 2. The predicted molar refractivity (Wildman–Crippen MR) is 118 cm³/mol. The predicted octanol–water partition coefficient (Wildman–Crippen LogP) is 7.99. The summed E-state index contributed by atoms with van der Waals surface area (Å²) in [4.78, 5) is 0. The van der Waals surface area contributed by atoms with Gasteiger partial charge in [0.1, 0.15) is 5.76 Å². The van der Waals surface area contributed by atoms with Crippen LogP contribution in [0.3, 0.4) is 0 Å². The van der Waals surface area contributed by atoms with Crippen molar-refractivity contribution in [1.82, 2.24) is 0 Å². The maximum atomic E-state index is 5.67. The molecule has 1 aliphatic carbocycles. The van der Waals surface area contributed by atoms with Crippen molar-refractivity contribution in [1.29, 1.82) is 0 Å². The number of benzene rings is 1. The summed E-state index contributed by atoms with van der Waals surface area (Å²) in [6, 6.07) is 8.69. The van der Waals surface area contributed by atoms with Gasteiger partial charge in [0.05, 0.1) is 6.61 Å². The van der Waals surface area contributed by atoms with E-state index < -0.39 is 0 Å². The molecule has 2 atom stereocenters. The van der Waals surface area contributed by atoms with Crippen molar-refractivity contribution < 1.29 is 4.74 Å². The van der Waals surface area contributed by atoms with Crippen LogP contribution in [0.25, 0.3) is 0 Å². The summed E-state index contributed by atoms with van der Waals surface area (Å²) in [7, 11) is 0. The smallest absolute Gasteiger partial charge is 0.115 e. The van der Waals surface area contributed by atoms with Gasteiger partial charge in [-0.25, -0.2) is 0 Å². The van der Waals surface area contributed by atoms with E-state index in [1.807, 2.05) is 13.8 Å². The summed E-state index contributed by atoms with van der Waals surface area (Å²) in [6.45, 7) is 23.6. The minimum Gasteiger partial charge on any atom is -0.493 e. The molecule has 26 heavy (non-hydrogen) atoms. The van der Waals surface area contributed by atoms with Gasteiger partial charge in [-0.2, -0.15) is 0 Å². The first kappa shape index (κ1) is 24.5. The molecule has 2 fully saturated rings. The van der Waals surface area contributed by atoms with Crippen molar-refractivity contribution in [3.63, 3.8) is 0 Å². The van der Waals surface area contributed by atoms with E-state index in [0.717, 1.165) is 11.3 Å². The molecule has 0 N–H and O–H groups in total. The van der Waals surface area contributed by atoms with Crippen LogP contribution < -0.4 is 0 Å². The van der Waals surface area contributed by atoms with E-state index in [0.29, 0.717) is 12.5 Å². The zero-order chi connectivity index (χ0) is 20.2. The summed E-state index contributed by atoms with van der Waals surface area (Å²) in [6.07, 6.45) is 7.14. The first-order valence-electron chi connectivity index (χ1n) is 10.4. The lowest BCUT2D eigenvalue weighted by Gasteiger charge is -2.42. The minimum absolute atomic E-state index is 0.00796. The van der Waals surface area contributed by atoms with Crippen molar-refractivity contribution in [3.05, 3.63) is 59.9 Å². The lowest BCUT2D eigenvalue weighted by Crippen LogP contribution is -2.40. The van der Waals surface area contributed by atoms with Gasteiger partial charge in [-0.15, -0.1) is 0 Å². The number of allylic oxidation sites excluding steroid dienone is 1. The van der Waals surface area contributed by atoms with Gasteiger partial charge in [-0.05, 0) is 24.0 Å². The Morgan fingerprint density at radius 3 is 1.85 bits per heavy atom. The van der Waals surface area contributed by atoms with Gasteiger partial charge < -0.3 is 4.74 Å². The number of unbranched alkanes of at least 4 members (excludes halogenated alkanes) is 1. The SMILES string of the molecule is C1CC1.C=C1OC[C@](C)(c2ccc(C)cc2)C(C)C1=C.CC.CCCC. The van der Waals surface area contributed by atoms with Crippen molar-refractivity contribution in [2.45, 2.75) is 86.0 Å². The summed E-state index contributed by atoms with van der Waals surface area (Å²) in [5, 5.41) is 0. The molecule has 1 unspecified atom stereocenters. The summed E-state index contributed by atoms with van der Waals surface area (Å²) >= 11 is 0. The van der Waals surface area contributed by atoms with Crippen molar-refractivity contribution >= 4 is 0 Å². The van der Waals surface area contributed by atoms with Crippen LogP contribution in [0.4, 0.5) is 0 Å². The molecule has 1 heterocycles. The zero-order valence-electron chi connectivity index (χ0n) is 18.5. The third-order valence-electron chi connectivity index (χ3n) is 4.95. The average molecular weight is 359 g/mol. The highest BCUT2D eigenvalue weighted by molar-refractivity contribution is 5.37. The average Bonchev–Trinajstić information content (AvgIpc) is 3.55. The summed E-state index contributed by atoms with van der Waals surface area (Å²) < 4.78 is 5.67. The van der Waals surface area contributed by atoms with Crippen LogP contribution in [0.2, 0.25) is 0 Å². The maximum Gasteiger partial charge on any atom is 0.115 e. The van der Waals surface area contributed by atoms with E-state index in [1.165, 1.54) is 43.2 Å².